The Morgan fingerprint density at radius 3 is 1.77 bits per heavy atom. The van der Waals surface area contributed by atoms with E-state index in [-0.39, 0.29) is 0 Å². The molecule has 0 radical (unpaired) electrons. The van der Waals surface area contributed by atoms with E-state index in [0.717, 1.165) is 0 Å². The largest absolute Gasteiger partial charge is 0.129 e. The van der Waals surface area contributed by atoms with Gasteiger partial charge >= 0.3 is 0 Å². The number of unbranched alkanes of at least 4 members (excludes halogenated alkanes) is 1. The van der Waals surface area contributed by atoms with Crippen molar-refractivity contribution in [2.75, 3.05) is 0 Å². The Kier molecular flexibility index (Phi) is 6.73. The Labute approximate surface area is 190 Å². The number of rotatable bonds is 7. The number of hydrogen-bond donors (Lipinski definition) is 0. The average molecular weight is 423 g/mol. The van der Waals surface area contributed by atoms with Crippen molar-refractivity contribution in [3.05, 3.63) is 112 Å². The van der Waals surface area contributed by atoms with Crippen LogP contribution in [0.15, 0.2) is 101 Å². The third kappa shape index (κ3) is 4.38. The quantitative estimate of drug-likeness (QED) is 0.389. The first-order valence-corrected chi connectivity index (χ1v) is 13.5. The second-order valence-electron chi connectivity index (χ2n) is 8.90. The smallest absolute Gasteiger partial charge is 0.0654 e. The van der Waals surface area contributed by atoms with E-state index in [0.29, 0.717) is 5.92 Å². The molecule has 1 atom stereocenters. The molecular weight excluding hydrogens is 388 g/mol. The highest BCUT2D eigenvalue weighted by Crippen LogP contribution is 2.43. The fourth-order valence-corrected chi connectivity index (χ4v) is 8.86. The van der Waals surface area contributed by atoms with E-state index in [1.54, 1.807) is 5.20 Å². The Balaban J connectivity index is 1.73. The summed E-state index contributed by atoms with van der Waals surface area (Å²) < 4.78 is 0. The topological polar surface area (TPSA) is 0 Å². The van der Waals surface area contributed by atoms with Gasteiger partial charge in [0, 0.05) is 5.92 Å². The molecule has 0 aliphatic heterocycles. The summed E-state index contributed by atoms with van der Waals surface area (Å²) >= 11 is 0. The van der Waals surface area contributed by atoms with E-state index in [2.05, 4.69) is 113 Å². The van der Waals surface area contributed by atoms with Gasteiger partial charge in [-0.15, -0.1) is 0 Å². The van der Waals surface area contributed by atoms with Crippen LogP contribution in [0.5, 0.6) is 0 Å². The second-order valence-corrected chi connectivity index (χ2v) is 11.7. The predicted molar refractivity (Wildman–Crippen MR) is 139 cm³/mol. The lowest BCUT2D eigenvalue weighted by molar-refractivity contribution is 0.795. The van der Waals surface area contributed by atoms with Gasteiger partial charge in [-0.2, -0.15) is 0 Å². The van der Waals surface area contributed by atoms with Gasteiger partial charge in [0.25, 0.3) is 0 Å². The van der Waals surface area contributed by atoms with Gasteiger partial charge in [-0.25, -0.2) is 0 Å². The first-order chi connectivity index (χ1) is 15.1. The Morgan fingerprint density at radius 1 is 0.710 bits per heavy atom. The molecule has 158 valence electrons. The van der Waals surface area contributed by atoms with Crippen LogP contribution >= 0.6 is 0 Å². The Hall–Kier alpha value is -2.64. The minimum absolute atomic E-state index is 0.457. The normalized spacial score (nSPS) is 16.5. The van der Waals surface area contributed by atoms with Gasteiger partial charge in [-0.05, 0) is 49.0 Å². The van der Waals surface area contributed by atoms with Gasteiger partial charge in [0.1, 0.15) is 8.80 Å². The maximum atomic E-state index is 2.43. The van der Waals surface area contributed by atoms with Crippen LogP contribution in [0, 0.1) is 5.92 Å². The van der Waals surface area contributed by atoms with Crippen LogP contribution < -0.4 is 10.4 Å². The van der Waals surface area contributed by atoms with Crippen LogP contribution in [0.25, 0.3) is 5.57 Å². The molecule has 1 heteroatoms. The van der Waals surface area contributed by atoms with Gasteiger partial charge in [0.05, 0.1) is 0 Å². The molecule has 1 unspecified atom stereocenters. The summed E-state index contributed by atoms with van der Waals surface area (Å²) in [6.45, 7) is 9.39. The number of allylic oxidation sites excluding steroid dienone is 4. The highest BCUT2D eigenvalue weighted by molar-refractivity contribution is 6.91. The van der Waals surface area contributed by atoms with Crippen LogP contribution in [0.4, 0.5) is 0 Å². The number of benzene rings is 3. The van der Waals surface area contributed by atoms with Gasteiger partial charge in [0.2, 0.25) is 0 Å². The molecule has 0 saturated carbocycles. The highest BCUT2D eigenvalue weighted by atomic mass is 28.3. The fourth-order valence-electron chi connectivity index (χ4n) is 5.23. The zero-order valence-corrected chi connectivity index (χ0v) is 20.5. The lowest BCUT2D eigenvalue weighted by Gasteiger charge is -2.25. The molecule has 0 amide bonds. The summed E-state index contributed by atoms with van der Waals surface area (Å²) in [6, 6.07) is 31.8. The predicted octanol–water partition coefficient (Wildman–Crippen LogP) is 6.35. The molecule has 0 spiro atoms. The molecule has 3 aromatic carbocycles. The van der Waals surface area contributed by atoms with E-state index in [1.807, 2.05) is 0 Å². The van der Waals surface area contributed by atoms with Crippen molar-refractivity contribution in [2.45, 2.75) is 47.0 Å². The molecule has 0 aromatic heterocycles. The SMILES string of the molecule is CCCCc1ccc(C2=C(C)C(C)=C([SiH](c3ccccc3)c3ccccc3)C2C)cc1. The molecule has 0 N–H and O–H groups in total. The molecule has 4 rings (SSSR count). The van der Waals surface area contributed by atoms with Gasteiger partial charge in [-0.3, -0.25) is 0 Å². The van der Waals surface area contributed by atoms with Crippen molar-refractivity contribution in [1.82, 2.24) is 0 Å². The molecule has 31 heavy (non-hydrogen) atoms. The summed E-state index contributed by atoms with van der Waals surface area (Å²) in [6.07, 6.45) is 3.70. The van der Waals surface area contributed by atoms with E-state index in [1.165, 1.54) is 57.5 Å². The van der Waals surface area contributed by atoms with E-state index in [4.69, 9.17) is 0 Å². The zero-order chi connectivity index (χ0) is 21.8. The molecule has 0 nitrogen and oxygen atoms in total. The van der Waals surface area contributed by atoms with Crippen molar-refractivity contribution in [1.29, 1.82) is 0 Å². The summed E-state index contributed by atoms with van der Waals surface area (Å²) in [7, 11) is -1.51. The minimum atomic E-state index is -1.51. The third-order valence-electron chi connectivity index (χ3n) is 6.96. The Bertz CT molecular complexity index is 1030. The van der Waals surface area contributed by atoms with Gasteiger partial charge in [0.15, 0.2) is 0 Å². The molecule has 0 heterocycles. The van der Waals surface area contributed by atoms with Crippen molar-refractivity contribution in [3.8, 4) is 0 Å². The highest BCUT2D eigenvalue weighted by Gasteiger charge is 2.34. The standard InChI is InChI=1S/C30H34Si/c1-5-6-13-25-18-20-26(21-19-25)29-22(2)23(3)30(24(29)4)31(27-14-9-7-10-15-27)28-16-11-8-12-17-28/h7-12,14-21,24,31H,5-6,13H2,1-4H3. The van der Waals surface area contributed by atoms with Crippen LogP contribution in [-0.2, 0) is 6.42 Å². The van der Waals surface area contributed by atoms with E-state index >= 15 is 0 Å². The summed E-state index contributed by atoms with van der Waals surface area (Å²) in [5.41, 5.74) is 7.38. The van der Waals surface area contributed by atoms with Crippen LogP contribution in [0.2, 0.25) is 0 Å². The Morgan fingerprint density at radius 2 is 1.26 bits per heavy atom. The average Bonchev–Trinajstić information content (AvgIpc) is 3.03. The molecule has 0 fully saturated rings. The molecule has 0 saturated heterocycles. The summed E-state index contributed by atoms with van der Waals surface area (Å²) in [4.78, 5) is 0. The van der Waals surface area contributed by atoms with Crippen molar-refractivity contribution < 1.29 is 0 Å². The molecule has 1 aliphatic carbocycles. The van der Waals surface area contributed by atoms with Crippen molar-refractivity contribution in [3.63, 3.8) is 0 Å². The zero-order valence-electron chi connectivity index (χ0n) is 19.4. The maximum absolute atomic E-state index is 2.43. The first-order valence-electron chi connectivity index (χ1n) is 11.7. The fraction of sp³-hybridized carbons (Fsp3) is 0.267. The van der Waals surface area contributed by atoms with E-state index in [9.17, 15) is 0 Å². The molecule has 1 aliphatic rings. The molecule has 3 aromatic rings. The van der Waals surface area contributed by atoms with Gasteiger partial charge in [-0.1, -0.05) is 126 Å². The van der Waals surface area contributed by atoms with Crippen molar-refractivity contribution >= 4 is 24.7 Å². The monoisotopic (exact) mass is 422 g/mol. The lowest BCUT2D eigenvalue weighted by Crippen LogP contribution is -2.45. The maximum Gasteiger partial charge on any atom is 0.129 e. The second kappa shape index (κ2) is 9.66. The number of aryl methyl sites for hydroxylation is 1. The molecular formula is C30H34Si. The first kappa shape index (κ1) is 21.6. The minimum Gasteiger partial charge on any atom is -0.0654 e. The third-order valence-corrected chi connectivity index (χ3v) is 10.6. The van der Waals surface area contributed by atoms with E-state index < -0.39 is 8.80 Å². The van der Waals surface area contributed by atoms with Crippen molar-refractivity contribution in [2.24, 2.45) is 5.92 Å². The van der Waals surface area contributed by atoms with Crippen LogP contribution in [-0.4, -0.2) is 8.80 Å². The van der Waals surface area contributed by atoms with Gasteiger partial charge < -0.3 is 0 Å². The summed E-state index contributed by atoms with van der Waals surface area (Å²) in [5.74, 6) is 0.457. The molecule has 0 bridgehead atoms. The lowest BCUT2D eigenvalue weighted by atomic mass is 9.93. The summed E-state index contributed by atoms with van der Waals surface area (Å²) in [5, 5.41) is 4.71. The van der Waals surface area contributed by atoms with Crippen LogP contribution in [0.1, 0.15) is 51.7 Å². The van der Waals surface area contributed by atoms with Crippen LogP contribution in [0.3, 0.4) is 0 Å². The number of hydrogen-bond acceptors (Lipinski definition) is 0.